The second-order valence-electron chi connectivity index (χ2n) is 4.94. The normalized spacial score (nSPS) is 10.4. The SMILES string of the molecule is CCCCOOc1ccc(C(=O)O)c(C(=O)O)c1OOCCCC. The van der Waals surface area contributed by atoms with E-state index in [1.807, 2.05) is 13.8 Å². The summed E-state index contributed by atoms with van der Waals surface area (Å²) in [5.41, 5.74) is -0.993. The van der Waals surface area contributed by atoms with Crippen LogP contribution in [0.25, 0.3) is 0 Å². The van der Waals surface area contributed by atoms with Gasteiger partial charge in [-0.2, -0.15) is 9.78 Å². The molecule has 0 bridgehead atoms. The third kappa shape index (κ3) is 5.71. The highest BCUT2D eigenvalue weighted by Gasteiger charge is 2.27. The maximum absolute atomic E-state index is 11.5. The quantitative estimate of drug-likeness (QED) is 0.338. The van der Waals surface area contributed by atoms with Crippen molar-refractivity contribution in [1.29, 1.82) is 0 Å². The van der Waals surface area contributed by atoms with E-state index < -0.39 is 23.1 Å². The largest absolute Gasteiger partial charge is 0.478 e. The Kier molecular flexibility index (Phi) is 8.59. The highest BCUT2D eigenvalue weighted by atomic mass is 17.2. The predicted molar refractivity (Wildman–Crippen MR) is 83.3 cm³/mol. The Morgan fingerprint density at radius 1 is 0.917 bits per heavy atom. The fraction of sp³-hybridized carbons (Fsp3) is 0.500. The number of hydrogen-bond donors (Lipinski definition) is 2. The summed E-state index contributed by atoms with van der Waals surface area (Å²) >= 11 is 0. The van der Waals surface area contributed by atoms with Crippen LogP contribution in [0.3, 0.4) is 0 Å². The molecule has 0 fully saturated rings. The van der Waals surface area contributed by atoms with Crippen molar-refractivity contribution in [3.05, 3.63) is 23.3 Å². The van der Waals surface area contributed by atoms with Gasteiger partial charge in [-0.3, -0.25) is 0 Å². The van der Waals surface area contributed by atoms with E-state index in [0.29, 0.717) is 13.0 Å². The molecule has 0 aliphatic rings. The molecule has 1 aromatic rings. The van der Waals surface area contributed by atoms with Gasteiger partial charge in [0.1, 0.15) is 5.56 Å². The zero-order valence-corrected chi connectivity index (χ0v) is 13.7. The van der Waals surface area contributed by atoms with Crippen molar-refractivity contribution in [2.75, 3.05) is 13.2 Å². The fourth-order valence-corrected chi connectivity index (χ4v) is 1.71. The van der Waals surface area contributed by atoms with Gasteiger partial charge >= 0.3 is 11.9 Å². The van der Waals surface area contributed by atoms with Gasteiger partial charge < -0.3 is 20.0 Å². The molecule has 0 aliphatic carbocycles. The zero-order valence-electron chi connectivity index (χ0n) is 13.7. The first-order chi connectivity index (χ1) is 11.5. The summed E-state index contributed by atoms with van der Waals surface area (Å²) in [5.74, 6) is -3.27. The van der Waals surface area contributed by atoms with Crippen molar-refractivity contribution < 1.29 is 39.4 Å². The Morgan fingerprint density at radius 2 is 1.50 bits per heavy atom. The van der Waals surface area contributed by atoms with Gasteiger partial charge in [0.25, 0.3) is 0 Å². The summed E-state index contributed by atoms with van der Waals surface area (Å²) in [6.07, 6.45) is 3.20. The molecule has 0 spiro atoms. The minimum atomic E-state index is -1.47. The molecular formula is C16H22O8. The highest BCUT2D eigenvalue weighted by molar-refractivity contribution is 6.04. The molecule has 2 N–H and O–H groups in total. The topological polar surface area (TPSA) is 112 Å². The number of benzene rings is 1. The maximum atomic E-state index is 11.5. The first kappa shape index (κ1) is 19.7. The van der Waals surface area contributed by atoms with E-state index >= 15 is 0 Å². The summed E-state index contributed by atoms with van der Waals surface area (Å²) in [4.78, 5) is 42.7. The molecule has 8 heteroatoms. The molecular weight excluding hydrogens is 320 g/mol. The Hall–Kier alpha value is -2.32. The van der Waals surface area contributed by atoms with E-state index in [4.69, 9.17) is 24.7 Å². The van der Waals surface area contributed by atoms with Crippen molar-refractivity contribution in [2.24, 2.45) is 0 Å². The van der Waals surface area contributed by atoms with Crippen LogP contribution < -0.4 is 9.78 Å². The smallest absolute Gasteiger partial charge is 0.340 e. The van der Waals surface area contributed by atoms with Crippen molar-refractivity contribution >= 4 is 11.9 Å². The average Bonchev–Trinajstić information content (AvgIpc) is 2.55. The second kappa shape index (κ2) is 10.5. The lowest BCUT2D eigenvalue weighted by Gasteiger charge is -2.14. The molecule has 0 radical (unpaired) electrons. The molecule has 1 rings (SSSR count). The van der Waals surface area contributed by atoms with Crippen LogP contribution in [0.2, 0.25) is 0 Å². The monoisotopic (exact) mass is 342 g/mol. The summed E-state index contributed by atoms with van der Waals surface area (Å²) in [5, 5.41) is 18.5. The number of hydrogen-bond acceptors (Lipinski definition) is 6. The zero-order chi connectivity index (χ0) is 17.9. The molecule has 0 atom stereocenters. The number of carboxylic acid groups (broad SMARTS) is 2. The second-order valence-corrected chi connectivity index (χ2v) is 4.94. The predicted octanol–water partition coefficient (Wildman–Crippen LogP) is 3.30. The van der Waals surface area contributed by atoms with Gasteiger partial charge in [0.05, 0.1) is 18.8 Å². The summed E-state index contributed by atoms with van der Waals surface area (Å²) in [7, 11) is 0. The number of carbonyl (C=O) groups is 2. The lowest BCUT2D eigenvalue weighted by molar-refractivity contribution is -0.229. The van der Waals surface area contributed by atoms with E-state index in [9.17, 15) is 14.7 Å². The Bertz CT molecular complexity index is 555. The van der Waals surface area contributed by atoms with E-state index in [-0.39, 0.29) is 18.1 Å². The van der Waals surface area contributed by atoms with E-state index in [1.165, 1.54) is 6.07 Å². The van der Waals surface area contributed by atoms with Crippen LogP contribution in [0.5, 0.6) is 11.5 Å². The molecule has 0 aliphatic heterocycles. The van der Waals surface area contributed by atoms with Crippen LogP contribution in [-0.4, -0.2) is 35.4 Å². The molecule has 24 heavy (non-hydrogen) atoms. The first-order valence-corrected chi connectivity index (χ1v) is 7.75. The fourth-order valence-electron chi connectivity index (χ4n) is 1.71. The van der Waals surface area contributed by atoms with Gasteiger partial charge in [0.2, 0.25) is 11.5 Å². The molecule has 0 aromatic heterocycles. The number of unbranched alkanes of at least 4 members (excludes halogenated alkanes) is 2. The Morgan fingerprint density at radius 3 is 2.00 bits per heavy atom. The molecule has 0 unspecified atom stereocenters. The van der Waals surface area contributed by atoms with Gasteiger partial charge in [-0.1, -0.05) is 26.7 Å². The maximum Gasteiger partial charge on any atom is 0.340 e. The summed E-state index contributed by atoms with van der Waals surface area (Å²) in [6, 6.07) is 2.38. The number of aromatic carboxylic acids is 2. The van der Waals surface area contributed by atoms with Crippen LogP contribution >= 0.6 is 0 Å². The molecule has 0 saturated heterocycles. The van der Waals surface area contributed by atoms with Crippen molar-refractivity contribution in [2.45, 2.75) is 39.5 Å². The molecule has 1 aromatic carbocycles. The Labute approximate surface area is 139 Å². The average molecular weight is 342 g/mol. The lowest BCUT2D eigenvalue weighted by atomic mass is 10.1. The van der Waals surface area contributed by atoms with Crippen LogP contribution in [0.4, 0.5) is 0 Å². The highest BCUT2D eigenvalue weighted by Crippen LogP contribution is 2.34. The van der Waals surface area contributed by atoms with Gasteiger partial charge in [-0.25, -0.2) is 9.59 Å². The van der Waals surface area contributed by atoms with Gasteiger partial charge in [0, 0.05) is 0 Å². The van der Waals surface area contributed by atoms with Crippen molar-refractivity contribution in [3.8, 4) is 11.5 Å². The molecule has 0 heterocycles. The van der Waals surface area contributed by atoms with Gasteiger partial charge in [-0.15, -0.1) is 0 Å². The standard InChI is InChI=1S/C16H22O8/c1-3-5-9-21-23-12-8-7-11(15(17)18)13(16(19)20)14(12)24-22-10-6-4-2/h7-8H,3-6,9-10H2,1-2H3,(H,17,18)(H,19,20). The summed E-state index contributed by atoms with van der Waals surface area (Å²) in [6.45, 7) is 4.45. The minimum absolute atomic E-state index is 0.0648. The van der Waals surface area contributed by atoms with Crippen LogP contribution in [0.1, 0.15) is 60.2 Å². The molecule has 0 amide bonds. The van der Waals surface area contributed by atoms with Crippen molar-refractivity contribution in [1.82, 2.24) is 0 Å². The van der Waals surface area contributed by atoms with E-state index in [2.05, 4.69) is 0 Å². The van der Waals surface area contributed by atoms with Gasteiger partial charge in [0.15, 0.2) is 0 Å². The molecule has 134 valence electrons. The van der Waals surface area contributed by atoms with E-state index in [1.54, 1.807) is 0 Å². The van der Waals surface area contributed by atoms with Crippen LogP contribution in [0, 0.1) is 0 Å². The third-order valence-electron chi connectivity index (χ3n) is 3.02. The first-order valence-electron chi connectivity index (χ1n) is 7.75. The number of carboxylic acids is 2. The van der Waals surface area contributed by atoms with Gasteiger partial charge in [-0.05, 0) is 25.0 Å². The lowest BCUT2D eigenvalue weighted by Crippen LogP contribution is -2.13. The van der Waals surface area contributed by atoms with Crippen LogP contribution in [0.15, 0.2) is 12.1 Å². The molecule has 8 nitrogen and oxygen atoms in total. The Balaban J connectivity index is 3.08. The minimum Gasteiger partial charge on any atom is -0.478 e. The third-order valence-corrected chi connectivity index (χ3v) is 3.02. The molecule has 0 saturated carbocycles. The van der Waals surface area contributed by atoms with E-state index in [0.717, 1.165) is 25.3 Å². The summed E-state index contributed by atoms with van der Waals surface area (Å²) < 4.78 is 0. The van der Waals surface area contributed by atoms with Crippen LogP contribution in [-0.2, 0) is 9.78 Å². The van der Waals surface area contributed by atoms with Crippen molar-refractivity contribution in [3.63, 3.8) is 0 Å². The number of rotatable bonds is 12.